The van der Waals surface area contributed by atoms with Gasteiger partial charge < -0.3 is 24.5 Å². The number of alkyl halides is 2. The van der Waals surface area contributed by atoms with Gasteiger partial charge in [-0.05, 0) is 108 Å². The molecule has 0 bridgehead atoms. The fourth-order valence-electron chi connectivity index (χ4n) is 8.77. The highest BCUT2D eigenvalue weighted by Gasteiger charge is 2.48. The first-order valence-corrected chi connectivity index (χ1v) is 19.8. The number of fused-ring (bicyclic) bond motifs is 5. The van der Waals surface area contributed by atoms with Crippen molar-refractivity contribution in [2.45, 2.75) is 102 Å². The van der Waals surface area contributed by atoms with Gasteiger partial charge >= 0.3 is 12.2 Å². The van der Waals surface area contributed by atoms with Crippen molar-refractivity contribution in [2.24, 2.45) is 4.99 Å². The Bertz CT molecular complexity index is 2320. The van der Waals surface area contributed by atoms with Crippen LogP contribution in [0, 0.1) is 0 Å². The second-order valence-electron chi connectivity index (χ2n) is 17.8. The van der Waals surface area contributed by atoms with Crippen molar-refractivity contribution in [3.63, 3.8) is 0 Å². The first-order valence-electron chi connectivity index (χ1n) is 19.8. The fourth-order valence-corrected chi connectivity index (χ4v) is 8.77. The quantitative estimate of drug-likeness (QED) is 0.212. The average Bonchev–Trinajstić information content (AvgIpc) is 3.95. The summed E-state index contributed by atoms with van der Waals surface area (Å²) < 4.78 is 50.1. The number of nitrogens with one attached hydrogen (secondary N) is 2. The topological polar surface area (TPSA) is 121 Å². The second-order valence-corrected chi connectivity index (χ2v) is 17.8. The van der Waals surface area contributed by atoms with Crippen molar-refractivity contribution in [1.82, 2.24) is 19.8 Å². The van der Waals surface area contributed by atoms with Gasteiger partial charge in [-0.25, -0.2) is 14.6 Å². The first-order chi connectivity index (χ1) is 27.0. The molecule has 13 heteroatoms. The highest BCUT2D eigenvalue weighted by Crippen LogP contribution is 2.53. The van der Waals surface area contributed by atoms with E-state index < -0.39 is 28.8 Å². The summed E-state index contributed by atoms with van der Waals surface area (Å²) in [6.07, 6.45) is 3.99. The van der Waals surface area contributed by atoms with Crippen LogP contribution in [0.4, 0.5) is 24.1 Å². The number of benzene rings is 3. The lowest BCUT2D eigenvalue weighted by Crippen LogP contribution is -2.53. The minimum absolute atomic E-state index is 0.0489. The Labute approximate surface area is 330 Å². The minimum Gasteiger partial charge on any atom is -0.444 e. The molecule has 1 spiro atoms. The van der Waals surface area contributed by atoms with E-state index in [1.807, 2.05) is 71.9 Å². The van der Waals surface area contributed by atoms with Gasteiger partial charge in [-0.2, -0.15) is 8.78 Å². The van der Waals surface area contributed by atoms with Crippen LogP contribution < -0.4 is 5.32 Å². The molecule has 9 rings (SSSR count). The van der Waals surface area contributed by atoms with Crippen molar-refractivity contribution >= 4 is 23.7 Å². The highest BCUT2D eigenvalue weighted by molar-refractivity contribution is 6.04. The van der Waals surface area contributed by atoms with E-state index in [4.69, 9.17) is 19.2 Å². The number of carbonyl (C=O) groups is 2. The number of aromatic nitrogens is 2. The van der Waals surface area contributed by atoms with Gasteiger partial charge in [0.25, 0.3) is 5.92 Å². The molecule has 0 unspecified atom stereocenters. The number of hydrogen-bond donors (Lipinski definition) is 2. The molecule has 4 aromatic rings. The number of nitrogens with zero attached hydrogens (tertiary/aromatic N) is 4. The van der Waals surface area contributed by atoms with Crippen LogP contribution >= 0.6 is 0 Å². The van der Waals surface area contributed by atoms with Crippen LogP contribution in [0.2, 0.25) is 0 Å². The van der Waals surface area contributed by atoms with Gasteiger partial charge in [0.2, 0.25) is 0 Å². The van der Waals surface area contributed by atoms with Crippen LogP contribution in [-0.2, 0) is 25.7 Å². The number of imidazole rings is 1. The molecule has 3 fully saturated rings. The summed E-state index contributed by atoms with van der Waals surface area (Å²) in [4.78, 5) is 42.6. The number of rotatable bonds is 4. The van der Waals surface area contributed by atoms with Gasteiger partial charge in [-0.1, -0.05) is 36.4 Å². The van der Waals surface area contributed by atoms with Gasteiger partial charge in [0, 0.05) is 41.0 Å². The van der Waals surface area contributed by atoms with Gasteiger partial charge in [-0.3, -0.25) is 14.8 Å². The Morgan fingerprint density at radius 2 is 1.33 bits per heavy atom. The van der Waals surface area contributed by atoms with Crippen molar-refractivity contribution < 1.29 is 32.6 Å². The average molecular weight is 779 g/mol. The van der Waals surface area contributed by atoms with Gasteiger partial charge in [-0.15, -0.1) is 0 Å². The molecule has 57 heavy (non-hydrogen) atoms. The molecule has 0 radical (unpaired) electrons. The third-order valence-corrected chi connectivity index (χ3v) is 11.4. The third-order valence-electron chi connectivity index (χ3n) is 11.4. The third kappa shape index (κ3) is 6.53. The van der Waals surface area contributed by atoms with Crippen LogP contribution in [0.25, 0.3) is 33.5 Å². The Kier molecular flexibility index (Phi) is 8.58. The molecule has 0 saturated carbocycles. The molecule has 2 atom stereocenters. The van der Waals surface area contributed by atoms with Crippen molar-refractivity contribution in [1.29, 1.82) is 0 Å². The number of hydrogen-bond acceptors (Lipinski definition) is 8. The Morgan fingerprint density at radius 1 is 0.772 bits per heavy atom. The van der Waals surface area contributed by atoms with Crippen LogP contribution in [0.3, 0.4) is 0 Å². The molecule has 2 N–H and O–H groups in total. The molecule has 1 aromatic heterocycles. The lowest BCUT2D eigenvalue weighted by atomic mass is 9.84. The van der Waals surface area contributed by atoms with Crippen molar-refractivity contribution in [2.75, 3.05) is 31.6 Å². The summed E-state index contributed by atoms with van der Waals surface area (Å²) in [5.74, 6) is -1.96. The van der Waals surface area contributed by atoms with Crippen LogP contribution in [0.15, 0.2) is 65.8 Å². The smallest absolute Gasteiger partial charge is 0.410 e. The summed E-state index contributed by atoms with van der Waals surface area (Å²) in [6, 6.07) is 15.8. The summed E-state index contributed by atoms with van der Waals surface area (Å²) >= 11 is 0. The molecule has 5 aliphatic rings. The number of H-pyrrole nitrogens is 1. The number of halogens is 2. The van der Waals surface area contributed by atoms with E-state index >= 15 is 8.78 Å². The van der Waals surface area contributed by atoms with Gasteiger partial charge in [0.15, 0.2) is 0 Å². The van der Waals surface area contributed by atoms with E-state index in [0.29, 0.717) is 65.9 Å². The maximum Gasteiger partial charge on any atom is 0.410 e. The van der Waals surface area contributed by atoms with Crippen LogP contribution in [0.5, 0.6) is 0 Å². The zero-order chi connectivity index (χ0) is 40.1. The largest absolute Gasteiger partial charge is 0.444 e. The van der Waals surface area contributed by atoms with Crippen molar-refractivity contribution in [3.05, 3.63) is 83.3 Å². The molecular weight excluding hydrogens is 731 g/mol. The summed E-state index contributed by atoms with van der Waals surface area (Å²) in [5.41, 5.74) is 3.46. The number of ether oxygens (including phenoxy) is 3. The molecule has 3 aromatic carbocycles. The fraction of sp³-hybridized carbons (Fsp3) is 0.455. The molecular formula is C44H48F2N6O5. The monoisotopic (exact) mass is 778 g/mol. The van der Waals surface area contributed by atoms with Crippen molar-refractivity contribution in [3.8, 4) is 33.5 Å². The molecule has 298 valence electrons. The normalized spacial score (nSPS) is 21.6. The number of likely N-dealkylation sites (tertiary alicyclic amines) is 2. The van der Waals surface area contributed by atoms with Gasteiger partial charge in [0.1, 0.15) is 28.4 Å². The van der Waals surface area contributed by atoms with E-state index in [1.54, 1.807) is 40.3 Å². The van der Waals surface area contributed by atoms with Crippen LogP contribution in [0.1, 0.15) is 95.8 Å². The van der Waals surface area contributed by atoms with E-state index in [0.717, 1.165) is 42.5 Å². The van der Waals surface area contributed by atoms with Gasteiger partial charge in [0.05, 0.1) is 37.2 Å². The zero-order valence-electron chi connectivity index (χ0n) is 33.2. The first kappa shape index (κ1) is 37.3. The maximum atomic E-state index is 16.5. The van der Waals surface area contributed by atoms with E-state index in [2.05, 4.69) is 15.3 Å². The Hall–Kier alpha value is -5.30. The molecule has 11 nitrogen and oxygen atoms in total. The van der Waals surface area contributed by atoms with E-state index in [9.17, 15) is 9.59 Å². The Balaban J connectivity index is 0.975. The molecule has 1 aliphatic carbocycles. The highest BCUT2D eigenvalue weighted by atomic mass is 19.3. The number of amides is 2. The summed E-state index contributed by atoms with van der Waals surface area (Å²) in [7, 11) is 0. The standard InChI is InChI=1S/C44H48F2N6O5/c1-41(2,3)56-39(53)51-17-7-9-35(51)37-47-22-34(49-37)27-12-15-29-28-14-11-25(19-31(28)44(45,46)32(29)20-27)26-13-16-30-33(21-26)48-38(50-43(30)23-55-24-43)36-10-8-18-52(36)40(54)57-42(4,5)6/h11-16,19-22,35-36H,7-10,17-18,23-24H2,1-6H3,(H,47,49)(H,48,50)/t35-,36-/m0/s1. The Morgan fingerprint density at radius 3 is 1.95 bits per heavy atom. The van der Waals surface area contributed by atoms with E-state index in [1.165, 1.54) is 0 Å². The summed E-state index contributed by atoms with van der Waals surface area (Å²) in [5, 5.41) is 3.52. The predicted molar refractivity (Wildman–Crippen MR) is 212 cm³/mol. The zero-order valence-corrected chi connectivity index (χ0v) is 33.2. The minimum atomic E-state index is -3.24. The number of anilines is 1. The lowest BCUT2D eigenvalue weighted by Gasteiger charge is -2.44. The number of carbonyl (C=O) groups excluding carboxylic acids is 2. The molecule has 3 saturated heterocycles. The lowest BCUT2D eigenvalue weighted by molar-refractivity contribution is -0.0558. The number of amidine groups is 1. The molecule has 2 amide bonds. The second kappa shape index (κ2) is 13.1. The molecule has 5 heterocycles. The van der Waals surface area contributed by atoms with Crippen LogP contribution in [-0.4, -0.2) is 81.3 Å². The SMILES string of the molecule is CC(C)(C)OC(=O)N1CCC[C@H]1C1=NC2(COC2)c2ccc(-c3ccc4c(c3)C(F)(F)c3cc(-c5cnc([C@@H]6CCCN6C(=O)OC(C)(C)C)[nH]5)ccc3-4)cc2N1. The number of aromatic amines is 1. The molecule has 4 aliphatic heterocycles. The van der Waals surface area contributed by atoms with E-state index in [-0.39, 0.29) is 29.3 Å². The maximum absolute atomic E-state index is 16.5. The predicted octanol–water partition coefficient (Wildman–Crippen LogP) is 9.39. The number of aliphatic imine (C=N–C) groups is 1. The summed E-state index contributed by atoms with van der Waals surface area (Å²) in [6.45, 7) is 13.0.